The zero-order valence-corrected chi connectivity index (χ0v) is 6.92. The summed E-state index contributed by atoms with van der Waals surface area (Å²) >= 11 is 0.469. The molecule has 0 saturated carbocycles. The molecule has 2 N–H and O–H groups in total. The van der Waals surface area contributed by atoms with E-state index in [2.05, 4.69) is 0 Å². The van der Waals surface area contributed by atoms with E-state index in [4.69, 9.17) is 10.2 Å². The van der Waals surface area contributed by atoms with E-state index in [1.165, 1.54) is 0 Å². The third-order valence-corrected chi connectivity index (χ3v) is 2.23. The fourth-order valence-electron chi connectivity index (χ4n) is 0.353. The van der Waals surface area contributed by atoms with Gasteiger partial charge >= 0.3 is 59.6 Å². The predicted octanol–water partition coefficient (Wildman–Crippen LogP) is -0.00740. The number of carboxylic acid groups (broad SMARTS) is 1. The maximum absolute atomic E-state index is 9.96. The first-order valence-corrected chi connectivity index (χ1v) is 5.50. The first-order chi connectivity index (χ1) is 4.18. The van der Waals surface area contributed by atoms with Gasteiger partial charge in [-0.15, -0.1) is 0 Å². The molecule has 0 rings (SSSR count). The minimum absolute atomic E-state index is 0.395. The van der Waals surface area contributed by atoms with Crippen LogP contribution in [0.3, 0.4) is 0 Å². The minimum atomic E-state index is -1.15. The second-order valence-corrected chi connectivity index (χ2v) is 3.70. The van der Waals surface area contributed by atoms with Crippen LogP contribution in [0.25, 0.3) is 0 Å². The van der Waals surface area contributed by atoms with Crippen molar-refractivity contribution in [2.45, 2.75) is 23.7 Å². The molecule has 1 atom stereocenters. The molecule has 9 heavy (non-hydrogen) atoms. The number of aliphatic hydroxyl groups excluding tert-OH is 1. The van der Waals surface area contributed by atoms with Crippen LogP contribution in [0.2, 0.25) is 11.1 Å². The molecule has 0 amide bonds. The summed E-state index contributed by atoms with van der Waals surface area (Å²) in [4.78, 5) is 9.96. The molecule has 0 aromatic rings. The van der Waals surface area contributed by atoms with E-state index in [0.717, 1.165) is 5.32 Å². The van der Waals surface area contributed by atoms with Crippen molar-refractivity contribution in [1.82, 2.24) is 0 Å². The van der Waals surface area contributed by atoms with Crippen molar-refractivity contribution in [3.63, 3.8) is 0 Å². The zero-order chi connectivity index (χ0) is 7.28. The molecule has 0 bridgehead atoms. The van der Waals surface area contributed by atoms with Gasteiger partial charge in [0.2, 0.25) is 0 Å². The van der Waals surface area contributed by atoms with Crippen LogP contribution in [0.1, 0.15) is 6.42 Å². The molecule has 0 aliphatic carbocycles. The number of aliphatic hydroxyl groups is 1. The third-order valence-electron chi connectivity index (χ3n) is 0.880. The van der Waals surface area contributed by atoms with Gasteiger partial charge in [-0.1, -0.05) is 0 Å². The summed E-state index contributed by atoms with van der Waals surface area (Å²) in [5.74, 6) is 0.904. The van der Waals surface area contributed by atoms with Crippen LogP contribution in [-0.2, 0) is 4.79 Å². The number of carboxylic acids is 1. The van der Waals surface area contributed by atoms with Gasteiger partial charge in [0.1, 0.15) is 0 Å². The molecule has 0 unspecified atom stereocenters. The molecule has 0 radical (unpaired) electrons. The van der Waals surface area contributed by atoms with Gasteiger partial charge < -0.3 is 0 Å². The Labute approximate surface area is 60.2 Å². The van der Waals surface area contributed by atoms with Crippen LogP contribution in [0.4, 0.5) is 0 Å². The van der Waals surface area contributed by atoms with E-state index < -0.39 is 12.1 Å². The van der Waals surface area contributed by atoms with Gasteiger partial charge in [0.25, 0.3) is 0 Å². The summed E-state index contributed by atoms with van der Waals surface area (Å²) < 4.78 is 0. The second-order valence-electron chi connectivity index (χ2n) is 1.64. The fraction of sp³-hybridized carbons (Fsp3) is 0.800. The van der Waals surface area contributed by atoms with Crippen LogP contribution in [0.5, 0.6) is 0 Å². The molecule has 0 aromatic heterocycles. The summed E-state index contributed by atoms with van der Waals surface area (Å²) in [7, 11) is 0. The average Bonchev–Trinajstić information content (AvgIpc) is 1.82. The Hall–Kier alpha value is -0.0505. The van der Waals surface area contributed by atoms with Crippen LogP contribution in [0.15, 0.2) is 0 Å². The van der Waals surface area contributed by atoms with Crippen LogP contribution < -0.4 is 0 Å². The van der Waals surface area contributed by atoms with Gasteiger partial charge in [-0.3, -0.25) is 0 Å². The second kappa shape index (κ2) is 4.79. The van der Waals surface area contributed by atoms with Gasteiger partial charge in [0.05, 0.1) is 0 Å². The Morgan fingerprint density at radius 2 is 2.33 bits per heavy atom. The maximum atomic E-state index is 9.96. The molecule has 0 aromatic carbocycles. The standard InChI is InChI=1S/C5H10O3Se/c1-9-3-2-4(6)5(7)8/h4,6H,2-3H2,1H3,(H,7,8)/t4-/m0/s1. The quantitative estimate of drug-likeness (QED) is 0.623. The summed E-state index contributed by atoms with van der Waals surface area (Å²) in [6, 6.07) is 0. The van der Waals surface area contributed by atoms with Crippen LogP contribution in [-0.4, -0.2) is 37.2 Å². The van der Waals surface area contributed by atoms with Gasteiger partial charge in [0, 0.05) is 0 Å². The van der Waals surface area contributed by atoms with Crippen molar-refractivity contribution in [2.24, 2.45) is 0 Å². The molecule has 0 heterocycles. The normalized spacial score (nSPS) is 13.1. The number of rotatable bonds is 4. The van der Waals surface area contributed by atoms with Gasteiger partial charge in [-0.05, 0) is 0 Å². The van der Waals surface area contributed by atoms with E-state index in [1.54, 1.807) is 0 Å². The Balaban J connectivity index is 3.27. The van der Waals surface area contributed by atoms with E-state index in [1.807, 2.05) is 5.82 Å². The van der Waals surface area contributed by atoms with Gasteiger partial charge in [-0.2, -0.15) is 0 Å². The Morgan fingerprint density at radius 1 is 1.78 bits per heavy atom. The molecule has 0 saturated heterocycles. The van der Waals surface area contributed by atoms with Crippen LogP contribution >= 0.6 is 0 Å². The first kappa shape index (κ1) is 8.95. The van der Waals surface area contributed by atoms with Gasteiger partial charge in [-0.25, -0.2) is 0 Å². The number of carbonyl (C=O) groups is 1. The predicted molar refractivity (Wildman–Crippen MR) is 34.7 cm³/mol. The molecular formula is C5H10O3Se. The number of hydrogen-bond acceptors (Lipinski definition) is 2. The Bertz CT molecular complexity index is 94.2. The SMILES string of the molecule is C[Se]CC[C@H](O)C(=O)O. The van der Waals surface area contributed by atoms with Crippen LogP contribution in [0, 0.1) is 0 Å². The third kappa shape index (κ3) is 4.45. The molecule has 54 valence electrons. The van der Waals surface area contributed by atoms with E-state index in [0.29, 0.717) is 21.4 Å². The molecule has 0 aliphatic rings. The summed E-state index contributed by atoms with van der Waals surface area (Å²) in [5.41, 5.74) is 0. The topological polar surface area (TPSA) is 57.5 Å². The van der Waals surface area contributed by atoms with Gasteiger partial charge in [0.15, 0.2) is 0 Å². The van der Waals surface area contributed by atoms with E-state index in [-0.39, 0.29) is 0 Å². The van der Waals surface area contributed by atoms with E-state index in [9.17, 15) is 4.79 Å². The Morgan fingerprint density at radius 3 is 2.67 bits per heavy atom. The monoisotopic (exact) mass is 198 g/mol. The molecule has 3 nitrogen and oxygen atoms in total. The fourth-order valence-corrected chi connectivity index (χ4v) is 1.32. The molecule has 0 fully saturated rings. The Kier molecular flexibility index (Phi) is 4.77. The van der Waals surface area contributed by atoms with E-state index >= 15 is 0 Å². The average molecular weight is 197 g/mol. The van der Waals surface area contributed by atoms with Crippen molar-refractivity contribution in [1.29, 1.82) is 0 Å². The van der Waals surface area contributed by atoms with Crippen molar-refractivity contribution >= 4 is 20.9 Å². The molecular weight excluding hydrogens is 187 g/mol. The number of hydrogen-bond donors (Lipinski definition) is 2. The summed E-state index contributed by atoms with van der Waals surface area (Å²) in [6.45, 7) is 0. The summed E-state index contributed by atoms with van der Waals surface area (Å²) in [6.07, 6.45) is -0.752. The molecule has 0 spiro atoms. The first-order valence-electron chi connectivity index (χ1n) is 2.58. The summed E-state index contributed by atoms with van der Waals surface area (Å²) in [5, 5.41) is 17.7. The molecule has 4 heteroatoms. The number of aliphatic carboxylic acids is 1. The van der Waals surface area contributed by atoms with Crippen molar-refractivity contribution in [3.05, 3.63) is 0 Å². The molecule has 0 aliphatic heterocycles. The zero-order valence-electron chi connectivity index (χ0n) is 5.20. The van der Waals surface area contributed by atoms with Crippen molar-refractivity contribution in [3.8, 4) is 0 Å². The van der Waals surface area contributed by atoms with Crippen molar-refractivity contribution in [2.75, 3.05) is 0 Å². The van der Waals surface area contributed by atoms with Crippen molar-refractivity contribution < 1.29 is 15.0 Å².